The first-order valence-electron chi connectivity index (χ1n) is 10.9. The van der Waals surface area contributed by atoms with E-state index in [0.29, 0.717) is 23.9 Å². The number of nitrogens with zero attached hydrogens (tertiary/aromatic N) is 2. The standard InChI is InChI=1S/C25H25ClN4O2/c1-16-10-23(28-25(31)18-8-5-9-27-14-18)29-30(16)15-20-12-21(26)11-19-13-22(32-24(19)20)17-6-3-2-4-7-17/h2-4,6-7,10-13,18,27H,5,8-9,14-15H2,1H3,(H,28,29,31)/t18-/m1/s1. The van der Waals surface area contributed by atoms with Gasteiger partial charge in [0, 0.05) is 39.8 Å². The third-order valence-electron chi connectivity index (χ3n) is 5.94. The van der Waals surface area contributed by atoms with Crippen LogP contribution in [0.3, 0.4) is 0 Å². The maximum atomic E-state index is 12.6. The van der Waals surface area contributed by atoms with Gasteiger partial charge in [-0.25, -0.2) is 0 Å². The van der Waals surface area contributed by atoms with Gasteiger partial charge in [-0.15, -0.1) is 0 Å². The summed E-state index contributed by atoms with van der Waals surface area (Å²) in [6.07, 6.45) is 1.92. The van der Waals surface area contributed by atoms with Crippen molar-refractivity contribution in [1.82, 2.24) is 15.1 Å². The van der Waals surface area contributed by atoms with Gasteiger partial charge in [0.2, 0.25) is 5.91 Å². The van der Waals surface area contributed by atoms with Crippen molar-refractivity contribution in [2.24, 2.45) is 5.92 Å². The molecule has 3 heterocycles. The second-order valence-electron chi connectivity index (χ2n) is 8.32. The molecular formula is C25H25ClN4O2. The lowest BCUT2D eigenvalue weighted by Crippen LogP contribution is -2.37. The molecule has 7 heteroatoms. The van der Waals surface area contributed by atoms with E-state index >= 15 is 0 Å². The zero-order valence-corrected chi connectivity index (χ0v) is 18.7. The number of hydrogen-bond donors (Lipinski definition) is 2. The number of piperidine rings is 1. The number of anilines is 1. The van der Waals surface area contributed by atoms with E-state index < -0.39 is 0 Å². The molecule has 0 spiro atoms. The summed E-state index contributed by atoms with van der Waals surface area (Å²) in [7, 11) is 0. The van der Waals surface area contributed by atoms with E-state index in [0.717, 1.165) is 52.9 Å². The van der Waals surface area contributed by atoms with Gasteiger partial charge in [-0.3, -0.25) is 9.48 Å². The zero-order valence-electron chi connectivity index (χ0n) is 17.9. The molecule has 164 valence electrons. The molecule has 1 atom stereocenters. The van der Waals surface area contributed by atoms with Crippen molar-refractivity contribution >= 4 is 34.3 Å². The monoisotopic (exact) mass is 448 g/mol. The maximum Gasteiger partial charge on any atom is 0.229 e. The fourth-order valence-corrected chi connectivity index (χ4v) is 4.49. The van der Waals surface area contributed by atoms with Gasteiger partial charge in [0.25, 0.3) is 0 Å². The number of furan rings is 1. The molecule has 1 saturated heterocycles. The second-order valence-corrected chi connectivity index (χ2v) is 8.76. The number of amides is 1. The molecule has 1 amide bonds. The predicted octanol–water partition coefficient (Wildman–Crippen LogP) is 5.24. The summed E-state index contributed by atoms with van der Waals surface area (Å²) in [6, 6.07) is 17.7. The van der Waals surface area contributed by atoms with Gasteiger partial charge in [-0.2, -0.15) is 5.10 Å². The van der Waals surface area contributed by atoms with Crippen molar-refractivity contribution in [2.75, 3.05) is 18.4 Å². The number of carbonyl (C=O) groups excluding carboxylic acids is 1. The largest absolute Gasteiger partial charge is 0.456 e. The number of benzene rings is 2. The van der Waals surface area contributed by atoms with E-state index in [1.807, 2.05) is 66.2 Å². The number of aryl methyl sites for hydroxylation is 1. The molecule has 0 radical (unpaired) electrons. The summed E-state index contributed by atoms with van der Waals surface area (Å²) in [5.74, 6) is 1.38. The number of fused-ring (bicyclic) bond motifs is 1. The first kappa shape index (κ1) is 20.8. The molecule has 1 aliphatic rings. The molecule has 1 aliphatic heterocycles. The van der Waals surface area contributed by atoms with Gasteiger partial charge in [0.05, 0.1) is 12.5 Å². The highest BCUT2D eigenvalue weighted by molar-refractivity contribution is 6.31. The normalized spacial score (nSPS) is 16.4. The molecule has 1 fully saturated rings. The fraction of sp³-hybridized carbons (Fsp3) is 0.280. The molecule has 6 nitrogen and oxygen atoms in total. The van der Waals surface area contributed by atoms with Crippen LogP contribution in [0.4, 0.5) is 5.82 Å². The Bertz CT molecular complexity index is 1260. The summed E-state index contributed by atoms with van der Waals surface area (Å²) < 4.78 is 8.09. The maximum absolute atomic E-state index is 12.6. The van der Waals surface area contributed by atoms with Crippen LogP contribution in [0.15, 0.2) is 59.0 Å². The van der Waals surface area contributed by atoms with Crippen LogP contribution in [0.1, 0.15) is 24.1 Å². The molecule has 4 aromatic rings. The first-order chi connectivity index (χ1) is 15.6. The Labute approximate surface area is 191 Å². The summed E-state index contributed by atoms with van der Waals surface area (Å²) in [5.41, 5.74) is 3.70. The number of aromatic nitrogens is 2. The van der Waals surface area contributed by atoms with Crippen molar-refractivity contribution in [1.29, 1.82) is 0 Å². The van der Waals surface area contributed by atoms with Crippen LogP contribution in [0.5, 0.6) is 0 Å². The Kier molecular flexibility index (Phi) is 5.72. The first-order valence-corrected chi connectivity index (χ1v) is 11.3. The van der Waals surface area contributed by atoms with Gasteiger partial charge in [0.1, 0.15) is 11.3 Å². The molecule has 32 heavy (non-hydrogen) atoms. The Morgan fingerprint density at radius 2 is 2.09 bits per heavy atom. The molecular weight excluding hydrogens is 424 g/mol. The average molecular weight is 449 g/mol. The SMILES string of the molecule is Cc1cc(NC(=O)[C@@H]2CCCNC2)nn1Cc1cc(Cl)cc2cc(-c3ccccc3)oc12. The quantitative estimate of drug-likeness (QED) is 0.437. The summed E-state index contributed by atoms with van der Waals surface area (Å²) >= 11 is 6.41. The fourth-order valence-electron chi connectivity index (χ4n) is 4.24. The van der Waals surface area contributed by atoms with Crippen LogP contribution in [-0.4, -0.2) is 28.8 Å². The summed E-state index contributed by atoms with van der Waals surface area (Å²) in [4.78, 5) is 12.6. The minimum Gasteiger partial charge on any atom is -0.456 e. The molecule has 2 aromatic heterocycles. The lowest BCUT2D eigenvalue weighted by atomic mass is 9.99. The van der Waals surface area contributed by atoms with Gasteiger partial charge in [-0.05, 0) is 44.5 Å². The van der Waals surface area contributed by atoms with E-state index in [1.165, 1.54) is 0 Å². The summed E-state index contributed by atoms with van der Waals surface area (Å²) in [5, 5.41) is 12.5. The Morgan fingerprint density at radius 1 is 1.25 bits per heavy atom. The minimum atomic E-state index is -0.0127. The van der Waals surface area contributed by atoms with Gasteiger partial charge >= 0.3 is 0 Å². The van der Waals surface area contributed by atoms with Crippen LogP contribution in [0.2, 0.25) is 5.02 Å². The molecule has 5 rings (SSSR count). The van der Waals surface area contributed by atoms with E-state index in [4.69, 9.17) is 16.0 Å². The minimum absolute atomic E-state index is 0.0127. The van der Waals surface area contributed by atoms with E-state index in [-0.39, 0.29) is 11.8 Å². The summed E-state index contributed by atoms with van der Waals surface area (Å²) in [6.45, 7) is 4.16. The smallest absolute Gasteiger partial charge is 0.229 e. The predicted molar refractivity (Wildman–Crippen MR) is 127 cm³/mol. The van der Waals surface area contributed by atoms with E-state index in [2.05, 4.69) is 15.7 Å². The number of hydrogen-bond acceptors (Lipinski definition) is 4. The van der Waals surface area contributed by atoms with Crippen molar-refractivity contribution < 1.29 is 9.21 Å². The Balaban J connectivity index is 1.40. The van der Waals surface area contributed by atoms with Crippen molar-refractivity contribution in [3.05, 3.63) is 70.9 Å². The Morgan fingerprint density at radius 3 is 2.88 bits per heavy atom. The number of carbonyl (C=O) groups is 1. The number of rotatable bonds is 5. The van der Waals surface area contributed by atoms with Crippen LogP contribution in [-0.2, 0) is 11.3 Å². The van der Waals surface area contributed by atoms with E-state index in [9.17, 15) is 4.79 Å². The highest BCUT2D eigenvalue weighted by Crippen LogP contribution is 2.32. The van der Waals surface area contributed by atoms with Crippen LogP contribution < -0.4 is 10.6 Å². The Hall–Kier alpha value is -3.09. The van der Waals surface area contributed by atoms with Crippen LogP contribution in [0.25, 0.3) is 22.3 Å². The molecule has 0 unspecified atom stereocenters. The van der Waals surface area contributed by atoms with Crippen molar-refractivity contribution in [3.8, 4) is 11.3 Å². The molecule has 2 N–H and O–H groups in total. The topological polar surface area (TPSA) is 72.1 Å². The lowest BCUT2D eigenvalue weighted by molar-refractivity contribution is -0.120. The third-order valence-corrected chi connectivity index (χ3v) is 6.15. The van der Waals surface area contributed by atoms with Crippen LogP contribution >= 0.6 is 11.6 Å². The van der Waals surface area contributed by atoms with Crippen LogP contribution in [0, 0.1) is 12.8 Å². The van der Waals surface area contributed by atoms with Gasteiger partial charge in [0.15, 0.2) is 5.82 Å². The molecule has 2 aromatic carbocycles. The van der Waals surface area contributed by atoms with Gasteiger partial charge < -0.3 is 15.1 Å². The average Bonchev–Trinajstić information content (AvgIpc) is 3.38. The van der Waals surface area contributed by atoms with Crippen molar-refractivity contribution in [3.63, 3.8) is 0 Å². The second kappa shape index (κ2) is 8.81. The third kappa shape index (κ3) is 4.29. The van der Waals surface area contributed by atoms with Crippen molar-refractivity contribution in [2.45, 2.75) is 26.3 Å². The molecule has 0 bridgehead atoms. The molecule has 0 saturated carbocycles. The zero-order chi connectivity index (χ0) is 22.1. The number of nitrogens with one attached hydrogen (secondary N) is 2. The highest BCUT2D eigenvalue weighted by Gasteiger charge is 2.22. The lowest BCUT2D eigenvalue weighted by Gasteiger charge is -2.21. The molecule has 0 aliphatic carbocycles. The van der Waals surface area contributed by atoms with E-state index in [1.54, 1.807) is 0 Å². The van der Waals surface area contributed by atoms with Gasteiger partial charge in [-0.1, -0.05) is 41.9 Å². The highest BCUT2D eigenvalue weighted by atomic mass is 35.5. The number of halogens is 1.